The molecular formula is C25H26N4O4. The summed E-state index contributed by atoms with van der Waals surface area (Å²) in [5.41, 5.74) is 1.16. The molecule has 1 aliphatic rings. The number of hydrogen-bond acceptors (Lipinski definition) is 7. The predicted molar refractivity (Wildman–Crippen MR) is 125 cm³/mol. The van der Waals surface area contributed by atoms with E-state index in [4.69, 9.17) is 24.5 Å². The summed E-state index contributed by atoms with van der Waals surface area (Å²) in [7, 11) is 3.02. The molecule has 1 aromatic heterocycles. The van der Waals surface area contributed by atoms with E-state index in [-0.39, 0.29) is 18.1 Å². The van der Waals surface area contributed by atoms with Gasteiger partial charge in [0.1, 0.15) is 11.9 Å². The van der Waals surface area contributed by atoms with Gasteiger partial charge in [0.25, 0.3) is 5.56 Å². The summed E-state index contributed by atoms with van der Waals surface area (Å²) in [5.74, 6) is 2.04. The first-order valence-electron chi connectivity index (χ1n) is 11.0. The van der Waals surface area contributed by atoms with E-state index in [1.807, 2.05) is 24.3 Å². The minimum Gasteiger partial charge on any atom is -0.493 e. The maximum atomic E-state index is 13.3. The van der Waals surface area contributed by atoms with Gasteiger partial charge in [-0.1, -0.05) is 31.4 Å². The smallest absolute Gasteiger partial charge is 0.282 e. The van der Waals surface area contributed by atoms with E-state index < -0.39 is 0 Å². The van der Waals surface area contributed by atoms with Gasteiger partial charge in [-0.15, -0.1) is 0 Å². The van der Waals surface area contributed by atoms with Crippen LogP contribution in [0.3, 0.4) is 0 Å². The molecule has 8 nitrogen and oxygen atoms in total. The Morgan fingerprint density at radius 2 is 1.85 bits per heavy atom. The molecule has 0 bridgehead atoms. The van der Waals surface area contributed by atoms with E-state index in [9.17, 15) is 4.79 Å². The van der Waals surface area contributed by atoms with Gasteiger partial charge in [-0.2, -0.15) is 15.0 Å². The summed E-state index contributed by atoms with van der Waals surface area (Å²) in [6.07, 6.45) is 7.02. The first-order chi connectivity index (χ1) is 16.2. The van der Waals surface area contributed by atoms with E-state index in [0.717, 1.165) is 25.7 Å². The number of methoxy groups -OCH3 is 2. The lowest BCUT2D eigenvalue weighted by molar-refractivity contribution is 0.303. The molecule has 1 fully saturated rings. The molecule has 0 amide bonds. The molecule has 0 spiro atoms. The lowest BCUT2D eigenvalue weighted by atomic mass is 9.88. The molecule has 0 aliphatic heterocycles. The monoisotopic (exact) mass is 446 g/mol. The van der Waals surface area contributed by atoms with Crippen LogP contribution in [0, 0.1) is 11.3 Å². The minimum atomic E-state index is -0.190. The molecule has 0 N–H and O–H groups in total. The number of aromatic nitrogens is 2. The van der Waals surface area contributed by atoms with Crippen LogP contribution in [0.4, 0.5) is 0 Å². The zero-order chi connectivity index (χ0) is 23.2. The highest BCUT2D eigenvalue weighted by molar-refractivity contribution is 5.83. The number of nitriles is 1. The molecule has 8 heteroatoms. The predicted octanol–water partition coefficient (Wildman–Crippen LogP) is 4.25. The van der Waals surface area contributed by atoms with Gasteiger partial charge < -0.3 is 14.2 Å². The highest BCUT2D eigenvalue weighted by atomic mass is 16.5. The lowest BCUT2D eigenvalue weighted by Crippen LogP contribution is -2.25. The van der Waals surface area contributed by atoms with E-state index in [1.54, 1.807) is 24.4 Å². The molecule has 1 saturated carbocycles. The van der Waals surface area contributed by atoms with Crippen molar-refractivity contribution in [2.45, 2.75) is 38.0 Å². The molecule has 170 valence electrons. The Balaban J connectivity index is 1.80. The minimum absolute atomic E-state index is 0.136. The standard InChI is InChI=1S/C25H26N4O4/c1-31-21-14-17(15-22(32-2)23(21)33-13-12-26)16-27-29-24(18-8-4-3-5-9-18)28-20-11-7-6-10-19(20)25(29)30/h6-7,10-11,14-16,18H,3-5,8-9,13H2,1-2H3. The molecule has 0 atom stereocenters. The summed E-state index contributed by atoms with van der Waals surface area (Å²) >= 11 is 0. The Kier molecular flexibility index (Phi) is 6.89. The maximum Gasteiger partial charge on any atom is 0.282 e. The van der Waals surface area contributed by atoms with Gasteiger partial charge in [0.2, 0.25) is 5.75 Å². The van der Waals surface area contributed by atoms with Crippen LogP contribution in [0.2, 0.25) is 0 Å². The van der Waals surface area contributed by atoms with Gasteiger partial charge >= 0.3 is 0 Å². The first kappa shape index (κ1) is 22.3. The Bertz CT molecular complexity index is 1240. The molecule has 4 rings (SSSR count). The Morgan fingerprint density at radius 1 is 1.15 bits per heavy atom. The summed E-state index contributed by atoms with van der Waals surface area (Å²) in [4.78, 5) is 18.2. The Hall–Kier alpha value is -3.86. The normalized spacial score (nSPS) is 14.3. The van der Waals surface area contributed by atoms with E-state index in [2.05, 4.69) is 5.10 Å². The van der Waals surface area contributed by atoms with Crippen LogP contribution in [-0.4, -0.2) is 36.7 Å². The topological polar surface area (TPSA) is 98.7 Å². The van der Waals surface area contributed by atoms with Gasteiger partial charge in [-0.05, 0) is 37.1 Å². The molecule has 2 aromatic carbocycles. The van der Waals surface area contributed by atoms with E-state index >= 15 is 0 Å². The van der Waals surface area contributed by atoms with Crippen molar-refractivity contribution in [2.24, 2.45) is 5.10 Å². The average Bonchev–Trinajstić information content (AvgIpc) is 2.87. The zero-order valence-electron chi connectivity index (χ0n) is 18.8. The van der Waals surface area contributed by atoms with Crippen molar-refractivity contribution < 1.29 is 14.2 Å². The van der Waals surface area contributed by atoms with Crippen molar-refractivity contribution in [3.63, 3.8) is 0 Å². The van der Waals surface area contributed by atoms with Crippen molar-refractivity contribution in [2.75, 3.05) is 20.8 Å². The molecule has 0 saturated heterocycles. The summed E-state index contributed by atoms with van der Waals surface area (Å²) in [6, 6.07) is 12.7. The van der Waals surface area contributed by atoms with Crippen LogP contribution < -0.4 is 19.8 Å². The molecule has 0 unspecified atom stereocenters. The SMILES string of the molecule is COc1cc(C=Nn2c(C3CCCCC3)nc3ccccc3c2=O)cc(OC)c1OCC#N. The van der Waals surface area contributed by atoms with E-state index in [0.29, 0.717) is 39.5 Å². The maximum absolute atomic E-state index is 13.3. The number of nitrogens with zero attached hydrogens (tertiary/aromatic N) is 4. The highest BCUT2D eigenvalue weighted by Crippen LogP contribution is 2.38. The quantitative estimate of drug-likeness (QED) is 0.503. The second-order valence-electron chi connectivity index (χ2n) is 7.88. The summed E-state index contributed by atoms with van der Waals surface area (Å²) in [5, 5.41) is 13.9. The van der Waals surface area contributed by atoms with Crippen LogP contribution in [-0.2, 0) is 0 Å². The van der Waals surface area contributed by atoms with Crippen LogP contribution in [0.25, 0.3) is 10.9 Å². The van der Waals surface area contributed by atoms with Crippen LogP contribution in [0.1, 0.15) is 49.4 Å². The molecular weight excluding hydrogens is 420 g/mol. The van der Waals surface area contributed by atoms with Gasteiger partial charge in [-0.3, -0.25) is 4.79 Å². The molecule has 33 heavy (non-hydrogen) atoms. The van der Waals surface area contributed by atoms with E-state index in [1.165, 1.54) is 25.3 Å². The number of para-hydroxylation sites is 1. The second kappa shape index (κ2) is 10.2. The number of rotatable bonds is 7. The largest absolute Gasteiger partial charge is 0.493 e. The third-order valence-corrected chi connectivity index (χ3v) is 5.84. The fourth-order valence-corrected chi connectivity index (χ4v) is 4.22. The number of hydrogen-bond donors (Lipinski definition) is 0. The van der Waals surface area contributed by atoms with Gasteiger partial charge in [-0.25, -0.2) is 4.98 Å². The highest BCUT2D eigenvalue weighted by Gasteiger charge is 2.22. The fraction of sp³-hybridized carbons (Fsp3) is 0.360. The van der Waals surface area contributed by atoms with Gasteiger partial charge in [0.05, 0.1) is 31.3 Å². The van der Waals surface area contributed by atoms with Gasteiger partial charge in [0.15, 0.2) is 18.1 Å². The van der Waals surface area contributed by atoms with Crippen molar-refractivity contribution in [3.05, 3.63) is 58.1 Å². The number of benzene rings is 2. The van der Waals surface area contributed by atoms with Crippen LogP contribution >= 0.6 is 0 Å². The van der Waals surface area contributed by atoms with Crippen LogP contribution in [0.5, 0.6) is 17.2 Å². The number of ether oxygens (including phenoxy) is 3. The van der Waals surface area contributed by atoms with Gasteiger partial charge in [0, 0.05) is 11.5 Å². The number of fused-ring (bicyclic) bond motifs is 1. The van der Waals surface area contributed by atoms with Crippen molar-refractivity contribution in [1.82, 2.24) is 9.66 Å². The lowest BCUT2D eigenvalue weighted by Gasteiger charge is -2.22. The van der Waals surface area contributed by atoms with Crippen molar-refractivity contribution >= 4 is 17.1 Å². The zero-order valence-corrected chi connectivity index (χ0v) is 18.8. The molecule has 0 radical (unpaired) electrons. The summed E-state index contributed by atoms with van der Waals surface area (Å²) in [6.45, 7) is -0.136. The third kappa shape index (κ3) is 4.67. The second-order valence-corrected chi connectivity index (χ2v) is 7.88. The van der Waals surface area contributed by atoms with Crippen LogP contribution in [0.15, 0.2) is 46.3 Å². The van der Waals surface area contributed by atoms with Crippen molar-refractivity contribution in [1.29, 1.82) is 5.26 Å². The first-order valence-corrected chi connectivity index (χ1v) is 11.0. The molecule has 3 aromatic rings. The molecule has 1 aliphatic carbocycles. The van der Waals surface area contributed by atoms with Crippen molar-refractivity contribution in [3.8, 4) is 23.3 Å². The average molecular weight is 447 g/mol. The third-order valence-electron chi connectivity index (χ3n) is 5.84. The summed E-state index contributed by atoms with van der Waals surface area (Å²) < 4.78 is 17.7. The Labute approximate surface area is 192 Å². The fourth-order valence-electron chi connectivity index (χ4n) is 4.22. The molecule has 1 heterocycles. The Morgan fingerprint density at radius 3 is 2.52 bits per heavy atom.